The molecule has 2 nitrogen and oxygen atoms in total. The normalized spacial score (nSPS) is 26.0. The summed E-state index contributed by atoms with van der Waals surface area (Å²) in [7, 11) is 0. The summed E-state index contributed by atoms with van der Waals surface area (Å²) in [6, 6.07) is 9.29. The first-order valence-electron chi connectivity index (χ1n) is 7.80. The van der Waals surface area contributed by atoms with E-state index in [-0.39, 0.29) is 6.10 Å². The molecule has 2 aliphatic rings. The van der Waals surface area contributed by atoms with Crippen molar-refractivity contribution in [3.05, 3.63) is 29.8 Å². The molecule has 1 saturated carbocycles. The smallest absolute Gasteiger partial charge is 0.0761 e. The predicted molar refractivity (Wildman–Crippen MR) is 79.4 cm³/mol. The van der Waals surface area contributed by atoms with Crippen LogP contribution in [0.2, 0.25) is 0 Å². The molecule has 2 heteroatoms. The van der Waals surface area contributed by atoms with Crippen LogP contribution in [0, 0.1) is 5.92 Å². The molecular formula is C17H25NO. The average Bonchev–Trinajstić information content (AvgIpc) is 3.09. The summed E-state index contributed by atoms with van der Waals surface area (Å²) in [6.07, 6.45) is 8.03. The van der Waals surface area contributed by atoms with E-state index in [1.54, 1.807) is 0 Å². The third-order valence-corrected chi connectivity index (χ3v) is 4.95. The van der Waals surface area contributed by atoms with Crippen molar-refractivity contribution in [3.8, 4) is 0 Å². The maximum absolute atomic E-state index is 9.59. The van der Waals surface area contributed by atoms with E-state index in [4.69, 9.17) is 0 Å². The lowest BCUT2D eigenvalue weighted by Gasteiger charge is -2.31. The number of hydrogen-bond donors (Lipinski definition) is 1. The zero-order valence-corrected chi connectivity index (χ0v) is 11.9. The lowest BCUT2D eigenvalue weighted by molar-refractivity contribution is 0.199. The molecule has 1 N–H and O–H groups in total. The Bertz CT molecular complexity index is 406. The summed E-state index contributed by atoms with van der Waals surface area (Å²) in [5.74, 6) is 0.916. The monoisotopic (exact) mass is 259 g/mol. The lowest BCUT2D eigenvalue weighted by atomic mass is 9.95. The zero-order valence-electron chi connectivity index (χ0n) is 11.9. The molecule has 1 aliphatic carbocycles. The van der Waals surface area contributed by atoms with Crippen LogP contribution >= 0.6 is 0 Å². The van der Waals surface area contributed by atoms with Gasteiger partial charge in [0.05, 0.1) is 6.10 Å². The van der Waals surface area contributed by atoms with Crippen LogP contribution in [0.25, 0.3) is 0 Å². The highest BCUT2D eigenvalue weighted by Gasteiger charge is 2.33. The van der Waals surface area contributed by atoms with Gasteiger partial charge in [-0.05, 0) is 56.2 Å². The third-order valence-electron chi connectivity index (χ3n) is 4.95. The van der Waals surface area contributed by atoms with E-state index in [1.165, 1.54) is 50.8 Å². The van der Waals surface area contributed by atoms with Crippen LogP contribution in [-0.2, 0) is 0 Å². The highest BCUT2D eigenvalue weighted by Crippen LogP contribution is 2.37. The van der Waals surface area contributed by atoms with Crippen molar-refractivity contribution in [3.63, 3.8) is 0 Å². The van der Waals surface area contributed by atoms with Gasteiger partial charge < -0.3 is 10.0 Å². The van der Waals surface area contributed by atoms with E-state index in [1.807, 2.05) is 6.92 Å². The summed E-state index contributed by atoms with van der Waals surface area (Å²) >= 11 is 0. The molecule has 0 aromatic heterocycles. The van der Waals surface area contributed by atoms with E-state index >= 15 is 0 Å². The fourth-order valence-corrected chi connectivity index (χ4v) is 3.89. The highest BCUT2D eigenvalue weighted by atomic mass is 16.3. The van der Waals surface area contributed by atoms with Crippen molar-refractivity contribution in [1.29, 1.82) is 0 Å². The summed E-state index contributed by atoms with van der Waals surface area (Å²) in [6.45, 7) is 3.03. The molecule has 19 heavy (non-hydrogen) atoms. The van der Waals surface area contributed by atoms with E-state index in [9.17, 15) is 5.11 Å². The van der Waals surface area contributed by atoms with E-state index in [0.29, 0.717) is 0 Å². The van der Waals surface area contributed by atoms with Crippen LogP contribution in [0.1, 0.15) is 57.1 Å². The summed E-state index contributed by atoms with van der Waals surface area (Å²) in [5, 5.41) is 9.59. The van der Waals surface area contributed by atoms with Crippen molar-refractivity contribution >= 4 is 5.69 Å². The molecule has 1 saturated heterocycles. The van der Waals surface area contributed by atoms with Crippen LogP contribution in [0.15, 0.2) is 24.3 Å². The number of benzene rings is 1. The Hall–Kier alpha value is -1.02. The van der Waals surface area contributed by atoms with Crippen molar-refractivity contribution in [1.82, 2.24) is 0 Å². The second kappa shape index (κ2) is 5.54. The van der Waals surface area contributed by atoms with Gasteiger partial charge in [-0.1, -0.05) is 25.0 Å². The van der Waals surface area contributed by atoms with Crippen molar-refractivity contribution in [2.24, 2.45) is 5.92 Å². The number of aliphatic hydroxyl groups excluding tert-OH is 1. The minimum atomic E-state index is -0.363. The fourth-order valence-electron chi connectivity index (χ4n) is 3.89. The molecule has 3 rings (SSSR count). The lowest BCUT2D eigenvalue weighted by Crippen LogP contribution is -2.34. The Labute approximate surface area is 116 Å². The van der Waals surface area contributed by atoms with E-state index in [0.717, 1.165) is 17.5 Å². The van der Waals surface area contributed by atoms with Crippen LogP contribution in [0.4, 0.5) is 5.69 Å². The van der Waals surface area contributed by atoms with Gasteiger partial charge in [0.15, 0.2) is 0 Å². The van der Waals surface area contributed by atoms with Crippen LogP contribution < -0.4 is 4.90 Å². The fraction of sp³-hybridized carbons (Fsp3) is 0.647. The molecule has 2 unspecified atom stereocenters. The van der Waals surface area contributed by atoms with Gasteiger partial charge in [0, 0.05) is 18.3 Å². The van der Waals surface area contributed by atoms with Gasteiger partial charge in [-0.25, -0.2) is 0 Å². The van der Waals surface area contributed by atoms with Gasteiger partial charge in [0.1, 0.15) is 0 Å². The van der Waals surface area contributed by atoms with Gasteiger partial charge in [0.2, 0.25) is 0 Å². The number of anilines is 1. The Kier molecular flexibility index (Phi) is 3.79. The first kappa shape index (κ1) is 13.0. The maximum Gasteiger partial charge on any atom is 0.0761 e. The number of hydrogen-bond acceptors (Lipinski definition) is 2. The number of nitrogens with zero attached hydrogens (tertiary/aromatic N) is 1. The molecule has 1 aliphatic heterocycles. The molecule has 0 bridgehead atoms. The molecule has 0 radical (unpaired) electrons. The molecule has 1 aromatic carbocycles. The zero-order chi connectivity index (χ0) is 13.2. The Morgan fingerprint density at radius 3 is 2.37 bits per heavy atom. The van der Waals surface area contributed by atoms with Crippen LogP contribution in [0.5, 0.6) is 0 Å². The third kappa shape index (κ3) is 2.64. The maximum atomic E-state index is 9.59. The standard InChI is InChI=1S/C17H25NO/c1-13(19)14-8-10-16(11-9-14)18-12-4-7-17(18)15-5-2-3-6-15/h8-11,13,15,17,19H,2-7,12H2,1H3. The summed E-state index contributed by atoms with van der Waals surface area (Å²) in [4.78, 5) is 2.61. The molecule has 2 atom stereocenters. The first-order valence-corrected chi connectivity index (χ1v) is 7.80. The number of rotatable bonds is 3. The molecular weight excluding hydrogens is 234 g/mol. The molecule has 104 valence electrons. The molecule has 2 fully saturated rings. The summed E-state index contributed by atoms with van der Waals surface area (Å²) < 4.78 is 0. The largest absolute Gasteiger partial charge is 0.389 e. The molecule has 1 aromatic rings. The van der Waals surface area contributed by atoms with Gasteiger partial charge >= 0.3 is 0 Å². The predicted octanol–water partition coefficient (Wildman–Crippen LogP) is 3.90. The van der Waals surface area contributed by atoms with Gasteiger partial charge in [-0.15, -0.1) is 0 Å². The van der Waals surface area contributed by atoms with Gasteiger partial charge in [-0.2, -0.15) is 0 Å². The van der Waals surface area contributed by atoms with Crippen molar-refractivity contribution < 1.29 is 5.11 Å². The van der Waals surface area contributed by atoms with E-state index < -0.39 is 0 Å². The molecule has 1 heterocycles. The van der Waals surface area contributed by atoms with Gasteiger partial charge in [0.25, 0.3) is 0 Å². The van der Waals surface area contributed by atoms with E-state index in [2.05, 4.69) is 29.2 Å². The van der Waals surface area contributed by atoms with Crippen molar-refractivity contribution in [2.45, 2.75) is 57.6 Å². The minimum absolute atomic E-state index is 0.363. The number of aliphatic hydroxyl groups is 1. The first-order chi connectivity index (χ1) is 9.25. The SMILES string of the molecule is CC(O)c1ccc(N2CCCC2C2CCCC2)cc1. The Morgan fingerprint density at radius 1 is 1.05 bits per heavy atom. The van der Waals surface area contributed by atoms with Crippen LogP contribution in [0.3, 0.4) is 0 Å². The van der Waals surface area contributed by atoms with Crippen molar-refractivity contribution in [2.75, 3.05) is 11.4 Å². The summed E-state index contributed by atoms with van der Waals surface area (Å²) in [5.41, 5.74) is 2.36. The van der Waals surface area contributed by atoms with Gasteiger partial charge in [-0.3, -0.25) is 0 Å². The minimum Gasteiger partial charge on any atom is -0.389 e. The highest BCUT2D eigenvalue weighted by molar-refractivity contribution is 5.50. The quantitative estimate of drug-likeness (QED) is 0.890. The Balaban J connectivity index is 1.76. The second-order valence-electron chi connectivity index (χ2n) is 6.22. The topological polar surface area (TPSA) is 23.5 Å². The average molecular weight is 259 g/mol. The Morgan fingerprint density at radius 2 is 1.74 bits per heavy atom. The van der Waals surface area contributed by atoms with Crippen LogP contribution in [-0.4, -0.2) is 17.7 Å². The molecule has 0 amide bonds. The second-order valence-corrected chi connectivity index (χ2v) is 6.22. The molecule has 0 spiro atoms.